The summed E-state index contributed by atoms with van der Waals surface area (Å²) in [5.41, 5.74) is 2.05. The van der Waals surface area contributed by atoms with Crippen molar-refractivity contribution in [2.24, 2.45) is 4.99 Å². The zero-order valence-corrected chi connectivity index (χ0v) is 14.5. The van der Waals surface area contributed by atoms with Crippen LogP contribution in [0.4, 0.5) is 0 Å². The molecule has 4 nitrogen and oxygen atoms in total. The van der Waals surface area contributed by atoms with Crippen molar-refractivity contribution in [1.82, 2.24) is 9.80 Å². The Morgan fingerprint density at radius 2 is 1.70 bits per heavy atom. The Bertz CT molecular complexity index is 567. The molecule has 1 fully saturated rings. The molecule has 23 heavy (non-hydrogen) atoms. The monoisotopic (exact) mass is 313 g/mol. The fraction of sp³-hybridized carbons (Fsp3) is 0.474. The number of hydrogen-bond donors (Lipinski definition) is 0. The summed E-state index contributed by atoms with van der Waals surface area (Å²) in [6, 6.07) is 7.97. The number of aliphatic imine (C=N–C) groups is 1. The number of hydrogen-bond acceptors (Lipinski definition) is 3. The second-order valence-electron chi connectivity index (χ2n) is 5.69. The molecule has 1 heterocycles. The summed E-state index contributed by atoms with van der Waals surface area (Å²) in [6.07, 6.45) is 5.93. The molecular formula is C19H27N3O. The fourth-order valence-electron chi connectivity index (χ4n) is 2.78. The second kappa shape index (κ2) is 8.51. The van der Waals surface area contributed by atoms with E-state index in [4.69, 9.17) is 0 Å². The number of amides is 1. The first kappa shape index (κ1) is 17.3. The van der Waals surface area contributed by atoms with E-state index in [9.17, 15) is 4.79 Å². The van der Waals surface area contributed by atoms with Gasteiger partial charge in [0.25, 0.3) is 5.91 Å². The Balaban J connectivity index is 1.97. The van der Waals surface area contributed by atoms with Crippen LogP contribution < -0.4 is 0 Å². The molecule has 2 rings (SSSR count). The van der Waals surface area contributed by atoms with Gasteiger partial charge in [0.1, 0.15) is 5.82 Å². The summed E-state index contributed by atoms with van der Waals surface area (Å²) in [5.74, 6) is 1.15. The summed E-state index contributed by atoms with van der Waals surface area (Å²) < 4.78 is 0. The van der Waals surface area contributed by atoms with Gasteiger partial charge in [-0.3, -0.25) is 4.79 Å². The number of allylic oxidation sites excluding steroid dienone is 1. The van der Waals surface area contributed by atoms with E-state index in [1.165, 1.54) is 5.56 Å². The summed E-state index contributed by atoms with van der Waals surface area (Å²) >= 11 is 0. The van der Waals surface area contributed by atoms with Crippen molar-refractivity contribution in [2.75, 3.05) is 26.2 Å². The SMILES string of the molecule is C/C=N\C(=C/CC)N1CCN(C(=O)c2ccc(CC)cc2)CC1. The maximum absolute atomic E-state index is 12.6. The first-order valence-electron chi connectivity index (χ1n) is 8.51. The van der Waals surface area contributed by atoms with Crippen molar-refractivity contribution >= 4 is 12.1 Å². The first-order valence-corrected chi connectivity index (χ1v) is 8.51. The predicted octanol–water partition coefficient (Wildman–Crippen LogP) is 3.35. The number of aryl methyl sites for hydroxylation is 1. The predicted molar refractivity (Wildman–Crippen MR) is 95.8 cm³/mol. The maximum Gasteiger partial charge on any atom is 0.253 e. The van der Waals surface area contributed by atoms with Gasteiger partial charge < -0.3 is 9.80 Å². The molecular weight excluding hydrogens is 286 g/mol. The number of benzene rings is 1. The number of carbonyl (C=O) groups is 1. The molecule has 0 aliphatic carbocycles. The summed E-state index contributed by atoms with van der Waals surface area (Å²) in [7, 11) is 0. The molecule has 0 bridgehead atoms. The average molecular weight is 313 g/mol. The van der Waals surface area contributed by atoms with Crippen molar-refractivity contribution in [3.8, 4) is 0 Å². The van der Waals surface area contributed by atoms with Crippen LogP contribution in [0.2, 0.25) is 0 Å². The lowest BCUT2D eigenvalue weighted by molar-refractivity contribution is 0.0668. The van der Waals surface area contributed by atoms with Crippen LogP contribution in [-0.4, -0.2) is 48.1 Å². The van der Waals surface area contributed by atoms with Gasteiger partial charge in [-0.05, 0) is 43.5 Å². The lowest BCUT2D eigenvalue weighted by atomic mass is 10.1. The van der Waals surface area contributed by atoms with Crippen LogP contribution in [0, 0.1) is 0 Å². The molecule has 1 aromatic carbocycles. The van der Waals surface area contributed by atoms with Gasteiger partial charge in [0.15, 0.2) is 0 Å². The van der Waals surface area contributed by atoms with Crippen LogP contribution in [-0.2, 0) is 6.42 Å². The van der Waals surface area contributed by atoms with Gasteiger partial charge in [-0.15, -0.1) is 0 Å². The highest BCUT2D eigenvalue weighted by Crippen LogP contribution is 2.14. The average Bonchev–Trinajstić information content (AvgIpc) is 2.61. The van der Waals surface area contributed by atoms with E-state index < -0.39 is 0 Å². The summed E-state index contributed by atoms with van der Waals surface area (Å²) in [6.45, 7) is 9.33. The van der Waals surface area contributed by atoms with Crippen LogP contribution in [0.1, 0.15) is 43.1 Å². The molecule has 1 aliphatic rings. The quantitative estimate of drug-likeness (QED) is 0.782. The van der Waals surface area contributed by atoms with Crippen LogP contribution in [0.3, 0.4) is 0 Å². The van der Waals surface area contributed by atoms with Crippen molar-refractivity contribution in [2.45, 2.75) is 33.6 Å². The third-order valence-corrected chi connectivity index (χ3v) is 4.15. The molecule has 0 N–H and O–H groups in total. The zero-order valence-electron chi connectivity index (χ0n) is 14.5. The van der Waals surface area contributed by atoms with Gasteiger partial charge in [0.05, 0.1) is 0 Å². The number of piperazine rings is 1. The summed E-state index contributed by atoms with van der Waals surface area (Å²) in [4.78, 5) is 21.2. The lowest BCUT2D eigenvalue weighted by Crippen LogP contribution is -2.48. The third kappa shape index (κ3) is 4.44. The molecule has 1 aliphatic heterocycles. The Labute approximate surface area is 139 Å². The van der Waals surface area contributed by atoms with Gasteiger partial charge in [-0.25, -0.2) is 4.99 Å². The highest BCUT2D eigenvalue weighted by Gasteiger charge is 2.22. The van der Waals surface area contributed by atoms with E-state index in [0.29, 0.717) is 0 Å². The third-order valence-electron chi connectivity index (χ3n) is 4.15. The number of carbonyl (C=O) groups excluding carboxylic acids is 1. The lowest BCUT2D eigenvalue weighted by Gasteiger charge is -2.36. The van der Waals surface area contributed by atoms with E-state index in [1.54, 1.807) is 0 Å². The molecule has 0 radical (unpaired) electrons. The number of nitrogens with zero attached hydrogens (tertiary/aromatic N) is 3. The molecule has 0 aromatic heterocycles. The smallest absolute Gasteiger partial charge is 0.253 e. The van der Waals surface area contributed by atoms with E-state index in [2.05, 4.69) is 29.8 Å². The van der Waals surface area contributed by atoms with E-state index in [1.807, 2.05) is 42.3 Å². The maximum atomic E-state index is 12.6. The Morgan fingerprint density at radius 3 is 2.22 bits per heavy atom. The minimum Gasteiger partial charge on any atom is -0.353 e. The van der Waals surface area contributed by atoms with Crippen LogP contribution in [0.25, 0.3) is 0 Å². The molecule has 1 amide bonds. The Kier molecular flexibility index (Phi) is 6.39. The van der Waals surface area contributed by atoms with Crippen LogP contribution in [0.15, 0.2) is 41.2 Å². The molecule has 1 aromatic rings. The normalized spacial score (nSPS) is 16.2. The Hall–Kier alpha value is -2.10. The molecule has 1 saturated heterocycles. The Morgan fingerprint density at radius 1 is 1.09 bits per heavy atom. The van der Waals surface area contributed by atoms with E-state index in [-0.39, 0.29) is 5.91 Å². The first-order chi connectivity index (χ1) is 11.2. The molecule has 4 heteroatoms. The molecule has 0 atom stereocenters. The molecule has 0 saturated carbocycles. The van der Waals surface area contributed by atoms with Crippen molar-refractivity contribution < 1.29 is 4.79 Å². The van der Waals surface area contributed by atoms with Gasteiger partial charge in [0, 0.05) is 38.0 Å². The molecule has 0 unspecified atom stereocenters. The molecule has 0 spiro atoms. The fourth-order valence-corrected chi connectivity index (χ4v) is 2.78. The van der Waals surface area contributed by atoms with Gasteiger partial charge in [-0.1, -0.05) is 26.0 Å². The standard InChI is InChI=1S/C19H27N3O/c1-4-7-18(20-6-3)21-12-14-22(15-13-21)19(23)17-10-8-16(5-2)9-11-17/h6-11H,4-5,12-15H2,1-3H3/b18-7+,20-6-. The highest BCUT2D eigenvalue weighted by molar-refractivity contribution is 5.94. The van der Waals surface area contributed by atoms with Gasteiger partial charge in [-0.2, -0.15) is 0 Å². The van der Waals surface area contributed by atoms with E-state index in [0.717, 1.165) is 50.4 Å². The minimum absolute atomic E-state index is 0.132. The minimum atomic E-state index is 0.132. The van der Waals surface area contributed by atoms with Crippen LogP contribution >= 0.6 is 0 Å². The summed E-state index contributed by atoms with van der Waals surface area (Å²) in [5, 5.41) is 0. The van der Waals surface area contributed by atoms with Crippen LogP contribution in [0.5, 0.6) is 0 Å². The van der Waals surface area contributed by atoms with Gasteiger partial charge in [0.2, 0.25) is 0 Å². The van der Waals surface area contributed by atoms with Crippen molar-refractivity contribution in [3.63, 3.8) is 0 Å². The topological polar surface area (TPSA) is 35.9 Å². The van der Waals surface area contributed by atoms with Crippen molar-refractivity contribution in [1.29, 1.82) is 0 Å². The molecule has 124 valence electrons. The number of rotatable bonds is 5. The van der Waals surface area contributed by atoms with Gasteiger partial charge >= 0.3 is 0 Å². The highest BCUT2D eigenvalue weighted by atomic mass is 16.2. The van der Waals surface area contributed by atoms with E-state index >= 15 is 0 Å². The largest absolute Gasteiger partial charge is 0.353 e. The van der Waals surface area contributed by atoms with Crippen molar-refractivity contribution in [3.05, 3.63) is 47.3 Å². The second-order valence-corrected chi connectivity index (χ2v) is 5.69. The zero-order chi connectivity index (χ0) is 16.7.